The lowest BCUT2D eigenvalue weighted by Gasteiger charge is -2.13. The third kappa shape index (κ3) is 5.11. The van der Waals surface area contributed by atoms with Crippen molar-refractivity contribution in [2.45, 2.75) is 32.1 Å². The second-order valence-electron chi connectivity index (χ2n) is 6.05. The topological polar surface area (TPSA) is 66.9 Å². The van der Waals surface area contributed by atoms with Gasteiger partial charge in [0.25, 0.3) is 5.91 Å². The fourth-order valence-corrected chi connectivity index (χ4v) is 2.76. The van der Waals surface area contributed by atoms with Crippen LogP contribution < -0.4 is 10.6 Å². The van der Waals surface area contributed by atoms with Crippen molar-refractivity contribution in [3.63, 3.8) is 0 Å². The highest BCUT2D eigenvalue weighted by Crippen LogP contribution is 2.20. The van der Waals surface area contributed by atoms with Crippen molar-refractivity contribution in [1.29, 1.82) is 0 Å². The number of anilines is 2. The number of hydrogen-bond acceptors (Lipinski definition) is 4. The summed E-state index contributed by atoms with van der Waals surface area (Å²) < 4.78 is 12.9. The van der Waals surface area contributed by atoms with Gasteiger partial charge in [0.2, 0.25) is 0 Å². The van der Waals surface area contributed by atoms with Gasteiger partial charge >= 0.3 is 0 Å². The molecule has 1 aromatic heterocycles. The van der Waals surface area contributed by atoms with E-state index in [0.29, 0.717) is 11.5 Å². The number of aromatic nitrogens is 2. The standard InChI is InChI=1S/C19H21FN4O/c20-15-6-8-16(9-7-15)22-19(25)17-10-11-18(24-23-17)21-13-12-14-4-2-1-3-5-14/h4,6-11H,1-3,5,12-13H2,(H,21,24)(H,22,25). The predicted octanol–water partition coefficient (Wildman–Crippen LogP) is 4.17. The molecule has 0 saturated carbocycles. The second-order valence-corrected chi connectivity index (χ2v) is 6.05. The molecular formula is C19H21FN4O. The number of nitrogens with one attached hydrogen (secondary N) is 2. The summed E-state index contributed by atoms with van der Waals surface area (Å²) in [4.78, 5) is 12.1. The summed E-state index contributed by atoms with van der Waals surface area (Å²) in [7, 11) is 0. The third-order valence-corrected chi connectivity index (χ3v) is 4.14. The first-order valence-electron chi connectivity index (χ1n) is 8.53. The Kier molecular flexibility index (Phi) is 5.72. The van der Waals surface area contributed by atoms with Crippen LogP contribution in [0.2, 0.25) is 0 Å². The van der Waals surface area contributed by atoms with Gasteiger partial charge in [-0.15, -0.1) is 10.2 Å². The Morgan fingerprint density at radius 3 is 2.60 bits per heavy atom. The van der Waals surface area contributed by atoms with E-state index < -0.39 is 0 Å². The Morgan fingerprint density at radius 2 is 1.92 bits per heavy atom. The number of halogens is 1. The summed E-state index contributed by atoms with van der Waals surface area (Å²) >= 11 is 0. The van der Waals surface area contributed by atoms with Crippen LogP contribution >= 0.6 is 0 Å². The van der Waals surface area contributed by atoms with Gasteiger partial charge in [-0.25, -0.2) is 4.39 Å². The molecule has 1 heterocycles. The molecule has 1 aromatic carbocycles. The quantitative estimate of drug-likeness (QED) is 0.775. The predicted molar refractivity (Wildman–Crippen MR) is 96.0 cm³/mol. The van der Waals surface area contributed by atoms with Gasteiger partial charge in [0.1, 0.15) is 11.6 Å². The fraction of sp³-hybridized carbons (Fsp3) is 0.316. The Morgan fingerprint density at radius 1 is 1.08 bits per heavy atom. The summed E-state index contributed by atoms with van der Waals surface area (Å²) in [5, 5.41) is 13.9. The first-order chi connectivity index (χ1) is 12.2. The molecule has 1 aliphatic rings. The molecule has 1 aliphatic carbocycles. The van der Waals surface area contributed by atoms with Crippen molar-refractivity contribution < 1.29 is 9.18 Å². The number of carbonyl (C=O) groups is 1. The number of rotatable bonds is 6. The van der Waals surface area contributed by atoms with E-state index in [0.717, 1.165) is 13.0 Å². The van der Waals surface area contributed by atoms with Crippen molar-refractivity contribution in [2.24, 2.45) is 0 Å². The molecule has 3 rings (SSSR count). The molecule has 1 amide bonds. The SMILES string of the molecule is O=C(Nc1ccc(F)cc1)c1ccc(NCCC2=CCCCC2)nn1. The first kappa shape index (κ1) is 17.1. The smallest absolute Gasteiger partial charge is 0.276 e. The molecule has 0 aliphatic heterocycles. The van der Waals surface area contributed by atoms with Gasteiger partial charge in [-0.1, -0.05) is 11.6 Å². The lowest BCUT2D eigenvalue weighted by molar-refractivity contribution is 0.102. The van der Waals surface area contributed by atoms with Crippen molar-refractivity contribution in [3.05, 3.63) is 59.6 Å². The minimum atomic E-state index is -0.377. The largest absolute Gasteiger partial charge is 0.368 e. The minimum Gasteiger partial charge on any atom is -0.368 e. The van der Waals surface area contributed by atoms with E-state index in [-0.39, 0.29) is 17.4 Å². The normalized spacial score (nSPS) is 13.9. The summed E-state index contributed by atoms with van der Waals surface area (Å²) in [5.74, 6) is -0.0787. The summed E-state index contributed by atoms with van der Waals surface area (Å²) in [6.45, 7) is 0.807. The maximum Gasteiger partial charge on any atom is 0.276 e. The average molecular weight is 340 g/mol. The summed E-state index contributed by atoms with van der Waals surface area (Å²) in [6, 6.07) is 8.93. The lowest BCUT2D eigenvalue weighted by Crippen LogP contribution is -2.15. The molecule has 2 aromatic rings. The Labute approximate surface area is 146 Å². The minimum absolute atomic E-state index is 0.213. The highest BCUT2D eigenvalue weighted by molar-refractivity contribution is 6.02. The van der Waals surface area contributed by atoms with Crippen LogP contribution in [0, 0.1) is 5.82 Å². The molecule has 0 atom stereocenters. The molecule has 0 spiro atoms. The second kappa shape index (κ2) is 8.37. The van der Waals surface area contributed by atoms with E-state index in [4.69, 9.17) is 0 Å². The molecule has 5 nitrogen and oxygen atoms in total. The summed E-state index contributed by atoms with van der Waals surface area (Å²) in [6.07, 6.45) is 8.30. The van der Waals surface area contributed by atoms with E-state index in [1.54, 1.807) is 12.1 Å². The molecule has 6 heteroatoms. The van der Waals surface area contributed by atoms with Crippen LogP contribution in [0.25, 0.3) is 0 Å². The van der Waals surface area contributed by atoms with Crippen LogP contribution in [0.1, 0.15) is 42.6 Å². The van der Waals surface area contributed by atoms with Crippen LogP contribution in [0.3, 0.4) is 0 Å². The van der Waals surface area contributed by atoms with Crippen LogP contribution in [0.4, 0.5) is 15.9 Å². The molecular weight excluding hydrogens is 319 g/mol. The highest BCUT2D eigenvalue weighted by Gasteiger charge is 2.09. The number of benzene rings is 1. The molecule has 0 saturated heterocycles. The van der Waals surface area contributed by atoms with Crippen molar-refractivity contribution >= 4 is 17.4 Å². The first-order valence-corrected chi connectivity index (χ1v) is 8.53. The van der Waals surface area contributed by atoms with Gasteiger partial charge in [-0.2, -0.15) is 0 Å². The molecule has 0 fully saturated rings. The summed E-state index contributed by atoms with van der Waals surface area (Å²) in [5.41, 5.74) is 2.23. The van der Waals surface area contributed by atoms with Crippen molar-refractivity contribution in [3.8, 4) is 0 Å². The molecule has 0 unspecified atom stereocenters. The maximum atomic E-state index is 12.9. The van der Waals surface area contributed by atoms with Gasteiger partial charge in [0.15, 0.2) is 5.69 Å². The monoisotopic (exact) mass is 340 g/mol. The number of hydrogen-bond donors (Lipinski definition) is 2. The highest BCUT2D eigenvalue weighted by atomic mass is 19.1. The van der Waals surface area contributed by atoms with E-state index in [1.807, 2.05) is 0 Å². The lowest BCUT2D eigenvalue weighted by atomic mass is 9.97. The Bertz CT molecular complexity index is 741. The number of nitrogens with zero attached hydrogens (tertiary/aromatic N) is 2. The van der Waals surface area contributed by atoms with Crippen LogP contribution in [-0.4, -0.2) is 22.6 Å². The van der Waals surface area contributed by atoms with E-state index in [2.05, 4.69) is 26.9 Å². The van der Waals surface area contributed by atoms with Crippen molar-refractivity contribution in [2.75, 3.05) is 17.2 Å². The number of amides is 1. The molecule has 2 N–H and O–H groups in total. The molecule has 0 bridgehead atoms. The zero-order valence-corrected chi connectivity index (χ0v) is 14.0. The van der Waals surface area contributed by atoms with Gasteiger partial charge < -0.3 is 10.6 Å². The van der Waals surface area contributed by atoms with Crippen LogP contribution in [0.15, 0.2) is 48.0 Å². The van der Waals surface area contributed by atoms with Gasteiger partial charge in [-0.3, -0.25) is 4.79 Å². The van der Waals surface area contributed by atoms with Crippen LogP contribution in [0.5, 0.6) is 0 Å². The zero-order valence-electron chi connectivity index (χ0n) is 14.0. The fourth-order valence-electron chi connectivity index (χ4n) is 2.76. The van der Waals surface area contributed by atoms with E-state index >= 15 is 0 Å². The van der Waals surface area contributed by atoms with Crippen LogP contribution in [-0.2, 0) is 0 Å². The molecule has 0 radical (unpaired) electrons. The molecule has 25 heavy (non-hydrogen) atoms. The Balaban J connectivity index is 1.50. The van der Waals surface area contributed by atoms with Gasteiger partial charge in [-0.05, 0) is 68.5 Å². The van der Waals surface area contributed by atoms with E-state index in [1.165, 1.54) is 55.5 Å². The van der Waals surface area contributed by atoms with Crippen molar-refractivity contribution in [1.82, 2.24) is 10.2 Å². The number of carbonyl (C=O) groups excluding carboxylic acids is 1. The average Bonchev–Trinajstić information content (AvgIpc) is 2.65. The van der Waals surface area contributed by atoms with Gasteiger partial charge in [0, 0.05) is 12.2 Å². The molecule has 130 valence electrons. The number of allylic oxidation sites excluding steroid dienone is 1. The zero-order chi connectivity index (χ0) is 17.5. The Hall–Kier alpha value is -2.76. The maximum absolute atomic E-state index is 12.9. The van der Waals surface area contributed by atoms with E-state index in [9.17, 15) is 9.18 Å². The van der Waals surface area contributed by atoms with Gasteiger partial charge in [0.05, 0.1) is 0 Å². The third-order valence-electron chi connectivity index (χ3n) is 4.14.